The van der Waals surface area contributed by atoms with Gasteiger partial charge >= 0.3 is 0 Å². The van der Waals surface area contributed by atoms with E-state index in [1.807, 2.05) is 10.8 Å². The molecule has 5 nitrogen and oxygen atoms in total. The average molecular weight is 285 g/mol. The second kappa shape index (κ2) is 4.22. The van der Waals surface area contributed by atoms with Gasteiger partial charge in [-0.1, -0.05) is 0 Å². The molecular formula is C12H7N5S2. The number of hydrogen-bond acceptors (Lipinski definition) is 6. The van der Waals surface area contributed by atoms with Crippen LogP contribution in [0.15, 0.2) is 34.7 Å². The minimum absolute atomic E-state index is 0.662. The first-order valence-corrected chi connectivity index (χ1v) is 7.36. The molecule has 0 saturated carbocycles. The van der Waals surface area contributed by atoms with Gasteiger partial charge in [-0.25, -0.2) is 19.9 Å². The molecule has 0 amide bonds. The second-order valence-electron chi connectivity index (χ2n) is 3.90. The summed E-state index contributed by atoms with van der Waals surface area (Å²) in [4.78, 5) is 20.3. The van der Waals surface area contributed by atoms with Gasteiger partial charge in [-0.05, 0) is 11.4 Å². The van der Waals surface area contributed by atoms with Crippen molar-refractivity contribution in [2.75, 3.05) is 0 Å². The van der Waals surface area contributed by atoms with Gasteiger partial charge in [0.2, 0.25) is 0 Å². The number of nitrogens with one attached hydrogen (secondary N) is 1. The van der Waals surface area contributed by atoms with Crippen molar-refractivity contribution in [3.05, 3.63) is 34.7 Å². The van der Waals surface area contributed by atoms with Gasteiger partial charge in [-0.3, -0.25) is 0 Å². The number of aromatic nitrogens is 5. The van der Waals surface area contributed by atoms with Crippen LogP contribution in [-0.4, -0.2) is 24.9 Å². The van der Waals surface area contributed by atoms with E-state index in [0.717, 1.165) is 27.6 Å². The van der Waals surface area contributed by atoms with Gasteiger partial charge in [0.25, 0.3) is 0 Å². The van der Waals surface area contributed by atoms with E-state index in [1.54, 1.807) is 28.9 Å². The molecule has 19 heavy (non-hydrogen) atoms. The van der Waals surface area contributed by atoms with E-state index in [1.165, 1.54) is 6.33 Å². The predicted octanol–water partition coefficient (Wildman–Crippen LogP) is 3.20. The monoisotopic (exact) mass is 285 g/mol. The number of thiophene rings is 1. The Balaban J connectivity index is 1.80. The van der Waals surface area contributed by atoms with Gasteiger partial charge in [0.1, 0.15) is 22.5 Å². The highest BCUT2D eigenvalue weighted by Gasteiger charge is 2.11. The normalized spacial score (nSPS) is 11.2. The molecule has 4 aromatic rings. The molecule has 7 heteroatoms. The van der Waals surface area contributed by atoms with Crippen molar-refractivity contribution >= 4 is 33.8 Å². The Morgan fingerprint density at radius 1 is 1.16 bits per heavy atom. The van der Waals surface area contributed by atoms with Crippen LogP contribution in [-0.2, 0) is 0 Å². The maximum absolute atomic E-state index is 4.60. The zero-order chi connectivity index (χ0) is 12.7. The Labute approximate surface area is 116 Å². The predicted molar refractivity (Wildman–Crippen MR) is 76.1 cm³/mol. The first-order valence-electron chi connectivity index (χ1n) is 5.54. The lowest BCUT2D eigenvalue weighted by molar-refractivity contribution is 1.20. The van der Waals surface area contributed by atoms with Crippen LogP contribution >= 0.6 is 22.7 Å². The molecule has 0 radical (unpaired) electrons. The number of thiazole rings is 1. The summed E-state index contributed by atoms with van der Waals surface area (Å²) >= 11 is 3.28. The number of aromatic amines is 1. The Morgan fingerprint density at radius 2 is 2.16 bits per heavy atom. The smallest absolute Gasteiger partial charge is 0.181 e. The van der Waals surface area contributed by atoms with E-state index in [0.29, 0.717) is 5.65 Å². The van der Waals surface area contributed by atoms with Crippen molar-refractivity contribution in [1.82, 2.24) is 24.9 Å². The minimum atomic E-state index is 0.662. The molecule has 0 saturated heterocycles. The highest BCUT2D eigenvalue weighted by molar-refractivity contribution is 7.14. The summed E-state index contributed by atoms with van der Waals surface area (Å²) in [7, 11) is 0. The van der Waals surface area contributed by atoms with E-state index >= 15 is 0 Å². The first kappa shape index (κ1) is 10.8. The molecule has 0 spiro atoms. The number of nitrogens with zero attached hydrogens (tertiary/aromatic N) is 4. The van der Waals surface area contributed by atoms with Crippen molar-refractivity contribution in [3.8, 4) is 22.1 Å². The third-order valence-electron chi connectivity index (χ3n) is 2.68. The van der Waals surface area contributed by atoms with Gasteiger partial charge in [-0.15, -0.1) is 11.3 Å². The van der Waals surface area contributed by atoms with Crippen LogP contribution in [0.1, 0.15) is 0 Å². The molecule has 0 fully saturated rings. The Kier molecular flexibility index (Phi) is 2.39. The molecule has 0 aliphatic rings. The topological polar surface area (TPSA) is 67.3 Å². The fraction of sp³-hybridized carbons (Fsp3) is 0. The van der Waals surface area contributed by atoms with E-state index < -0.39 is 0 Å². The van der Waals surface area contributed by atoms with Gasteiger partial charge in [-0.2, -0.15) is 11.3 Å². The molecule has 4 heterocycles. The standard InChI is InChI=1S/C12H7N5S2/c1-2-18-4-7(1)12-16-9(5-19-12)11-15-8-3-13-6-14-10(8)17-11/h1-6H,(H,13,14,15,17). The molecule has 4 aromatic heterocycles. The van der Waals surface area contributed by atoms with Crippen molar-refractivity contribution in [3.63, 3.8) is 0 Å². The van der Waals surface area contributed by atoms with Crippen molar-refractivity contribution < 1.29 is 0 Å². The van der Waals surface area contributed by atoms with Crippen LogP contribution in [0.3, 0.4) is 0 Å². The maximum Gasteiger partial charge on any atom is 0.181 e. The number of fused-ring (bicyclic) bond motifs is 1. The Hall–Kier alpha value is -2.12. The molecule has 0 atom stereocenters. The number of H-pyrrole nitrogens is 1. The number of rotatable bonds is 2. The van der Waals surface area contributed by atoms with Gasteiger partial charge in [0, 0.05) is 16.3 Å². The fourth-order valence-corrected chi connectivity index (χ4v) is 3.30. The summed E-state index contributed by atoms with van der Waals surface area (Å²) in [6, 6.07) is 2.07. The third kappa shape index (κ3) is 1.83. The summed E-state index contributed by atoms with van der Waals surface area (Å²) in [5.74, 6) is 0.730. The quantitative estimate of drug-likeness (QED) is 0.614. The maximum atomic E-state index is 4.60. The van der Waals surface area contributed by atoms with Crippen LogP contribution in [0.25, 0.3) is 33.3 Å². The van der Waals surface area contributed by atoms with Gasteiger partial charge in [0.05, 0.1) is 6.20 Å². The molecule has 0 aromatic carbocycles. The van der Waals surface area contributed by atoms with E-state index in [2.05, 4.69) is 36.4 Å². The molecule has 0 bridgehead atoms. The SMILES string of the molecule is c1ncc2[nH]c(-c3csc(-c4ccsc4)n3)nc2n1. The zero-order valence-electron chi connectivity index (χ0n) is 9.57. The van der Waals surface area contributed by atoms with Crippen LogP contribution in [0.4, 0.5) is 0 Å². The zero-order valence-corrected chi connectivity index (χ0v) is 11.2. The third-order valence-corrected chi connectivity index (χ3v) is 4.25. The van der Waals surface area contributed by atoms with Gasteiger partial charge < -0.3 is 4.98 Å². The molecule has 92 valence electrons. The summed E-state index contributed by atoms with van der Waals surface area (Å²) in [5, 5.41) is 7.14. The summed E-state index contributed by atoms with van der Waals surface area (Å²) in [5.41, 5.74) is 3.47. The molecule has 1 N–H and O–H groups in total. The number of hydrogen-bond donors (Lipinski definition) is 1. The first-order chi connectivity index (χ1) is 9.40. The summed E-state index contributed by atoms with van der Waals surface area (Å²) in [6.07, 6.45) is 3.20. The van der Waals surface area contributed by atoms with Crippen molar-refractivity contribution in [1.29, 1.82) is 0 Å². The molecular weight excluding hydrogens is 278 g/mol. The van der Waals surface area contributed by atoms with E-state index in [4.69, 9.17) is 0 Å². The summed E-state index contributed by atoms with van der Waals surface area (Å²) in [6.45, 7) is 0. The highest BCUT2D eigenvalue weighted by Crippen LogP contribution is 2.29. The lowest BCUT2D eigenvalue weighted by atomic mass is 10.3. The Bertz CT molecular complexity index is 798. The largest absolute Gasteiger partial charge is 0.334 e. The van der Waals surface area contributed by atoms with Crippen LogP contribution < -0.4 is 0 Å². The van der Waals surface area contributed by atoms with Gasteiger partial charge in [0.15, 0.2) is 11.5 Å². The number of imidazole rings is 1. The lowest BCUT2D eigenvalue weighted by Gasteiger charge is -1.88. The highest BCUT2D eigenvalue weighted by atomic mass is 32.1. The molecule has 0 unspecified atom stereocenters. The lowest BCUT2D eigenvalue weighted by Crippen LogP contribution is -1.80. The minimum Gasteiger partial charge on any atom is -0.334 e. The molecule has 4 rings (SSSR count). The fourth-order valence-electron chi connectivity index (χ4n) is 1.78. The van der Waals surface area contributed by atoms with Crippen LogP contribution in [0, 0.1) is 0 Å². The van der Waals surface area contributed by atoms with E-state index in [9.17, 15) is 0 Å². The van der Waals surface area contributed by atoms with Crippen LogP contribution in [0.2, 0.25) is 0 Å². The molecule has 0 aliphatic heterocycles. The van der Waals surface area contributed by atoms with Crippen LogP contribution in [0.5, 0.6) is 0 Å². The second-order valence-corrected chi connectivity index (χ2v) is 5.53. The van der Waals surface area contributed by atoms with Crippen molar-refractivity contribution in [2.24, 2.45) is 0 Å². The molecule has 0 aliphatic carbocycles. The van der Waals surface area contributed by atoms with Crippen molar-refractivity contribution in [2.45, 2.75) is 0 Å². The van der Waals surface area contributed by atoms with E-state index in [-0.39, 0.29) is 0 Å². The Morgan fingerprint density at radius 3 is 3.00 bits per heavy atom. The average Bonchev–Trinajstić information content (AvgIpc) is 3.17. The summed E-state index contributed by atoms with van der Waals surface area (Å²) < 4.78 is 0.